The summed E-state index contributed by atoms with van der Waals surface area (Å²) in [4.78, 5) is 25.7. The lowest BCUT2D eigenvalue weighted by Crippen LogP contribution is -2.56. The highest BCUT2D eigenvalue weighted by Gasteiger charge is 2.30. The molecule has 0 spiro atoms. The fraction of sp³-hybridized carbons (Fsp3) is 0.300. The number of aryl methyl sites for hydroxylation is 2. The maximum Gasteiger partial charge on any atom is 0.273 e. The van der Waals surface area contributed by atoms with Gasteiger partial charge in [-0.25, -0.2) is 5.01 Å². The maximum absolute atomic E-state index is 13.0. The van der Waals surface area contributed by atoms with Gasteiger partial charge in [0, 0.05) is 10.0 Å². The summed E-state index contributed by atoms with van der Waals surface area (Å²) in [6, 6.07) is 12.7. The van der Waals surface area contributed by atoms with Gasteiger partial charge in [0.1, 0.15) is 0 Å². The molecule has 0 heterocycles. The van der Waals surface area contributed by atoms with Gasteiger partial charge in [-0.3, -0.25) is 15.0 Å². The zero-order chi connectivity index (χ0) is 18.8. The Morgan fingerprint density at radius 1 is 1.00 bits per heavy atom. The number of amides is 2. The van der Waals surface area contributed by atoms with Crippen LogP contribution >= 0.6 is 15.9 Å². The van der Waals surface area contributed by atoms with Crippen molar-refractivity contribution in [2.24, 2.45) is 0 Å². The predicted octanol–water partition coefficient (Wildman–Crippen LogP) is 4.65. The van der Waals surface area contributed by atoms with Crippen LogP contribution in [0, 0.1) is 13.8 Å². The Balaban J connectivity index is 2.32. The molecule has 0 saturated heterocycles. The summed E-state index contributed by atoms with van der Waals surface area (Å²) >= 11 is 3.40. The molecule has 4 nitrogen and oxygen atoms in total. The second-order valence-electron chi connectivity index (χ2n) is 7.03. The molecule has 0 atom stereocenters. The Bertz CT molecular complexity index is 810. The van der Waals surface area contributed by atoms with Crippen LogP contribution in [0.4, 0.5) is 0 Å². The van der Waals surface area contributed by atoms with Crippen LogP contribution in [-0.4, -0.2) is 22.4 Å². The van der Waals surface area contributed by atoms with Crippen molar-refractivity contribution in [1.82, 2.24) is 10.4 Å². The number of carbonyl (C=O) groups is 2. The highest BCUT2D eigenvalue weighted by Crippen LogP contribution is 2.22. The zero-order valence-corrected chi connectivity index (χ0v) is 16.8. The van der Waals surface area contributed by atoms with Gasteiger partial charge in [0.05, 0.1) is 11.1 Å². The number of nitrogens with one attached hydrogen (secondary N) is 1. The Morgan fingerprint density at radius 2 is 1.64 bits per heavy atom. The van der Waals surface area contributed by atoms with E-state index < -0.39 is 5.54 Å². The Kier molecular flexibility index (Phi) is 5.68. The zero-order valence-electron chi connectivity index (χ0n) is 15.2. The molecular formula is C20H23BrN2O2. The van der Waals surface area contributed by atoms with Crippen LogP contribution in [0.3, 0.4) is 0 Å². The van der Waals surface area contributed by atoms with E-state index in [1.54, 1.807) is 24.3 Å². The van der Waals surface area contributed by atoms with Crippen LogP contribution in [0.2, 0.25) is 0 Å². The Labute approximate surface area is 157 Å². The molecule has 2 aromatic carbocycles. The van der Waals surface area contributed by atoms with Gasteiger partial charge in [0.2, 0.25) is 0 Å². The molecule has 5 heteroatoms. The molecule has 25 heavy (non-hydrogen) atoms. The van der Waals surface area contributed by atoms with Crippen molar-refractivity contribution in [2.75, 3.05) is 0 Å². The number of hydrogen-bond acceptors (Lipinski definition) is 2. The molecule has 1 N–H and O–H groups in total. The number of hydrogen-bond donors (Lipinski definition) is 1. The summed E-state index contributed by atoms with van der Waals surface area (Å²) in [5, 5.41) is 1.38. The van der Waals surface area contributed by atoms with E-state index in [1.165, 1.54) is 5.01 Å². The van der Waals surface area contributed by atoms with E-state index in [4.69, 9.17) is 0 Å². The molecule has 0 saturated carbocycles. The van der Waals surface area contributed by atoms with Gasteiger partial charge < -0.3 is 0 Å². The SMILES string of the molecule is Cc1ccc(C(=O)NN(C(=O)c2ccccc2Br)C(C)(C)C)cc1C. The lowest BCUT2D eigenvalue weighted by Gasteiger charge is -2.35. The van der Waals surface area contributed by atoms with Gasteiger partial charge in [-0.15, -0.1) is 0 Å². The van der Waals surface area contributed by atoms with Crippen molar-refractivity contribution in [1.29, 1.82) is 0 Å². The summed E-state index contributed by atoms with van der Waals surface area (Å²) in [5.74, 6) is -0.574. The van der Waals surface area contributed by atoms with Gasteiger partial charge >= 0.3 is 0 Å². The van der Waals surface area contributed by atoms with Crippen molar-refractivity contribution in [3.05, 3.63) is 69.2 Å². The predicted molar refractivity (Wildman–Crippen MR) is 103 cm³/mol. The summed E-state index contributed by atoms with van der Waals surface area (Å²) < 4.78 is 0.690. The molecule has 2 aromatic rings. The average Bonchev–Trinajstić information content (AvgIpc) is 2.53. The number of hydrazine groups is 1. The van der Waals surface area contributed by atoms with Crippen LogP contribution in [0.25, 0.3) is 0 Å². The van der Waals surface area contributed by atoms with Gasteiger partial charge in [-0.05, 0) is 85.9 Å². The number of carbonyl (C=O) groups excluding carboxylic acids is 2. The first-order chi connectivity index (χ1) is 11.6. The molecule has 0 aromatic heterocycles. The molecule has 0 radical (unpaired) electrons. The Morgan fingerprint density at radius 3 is 2.20 bits per heavy atom. The molecule has 0 aliphatic carbocycles. The highest BCUT2D eigenvalue weighted by atomic mass is 79.9. The van der Waals surface area contributed by atoms with Gasteiger partial charge in [0.25, 0.3) is 11.8 Å². The van der Waals surface area contributed by atoms with Gasteiger partial charge in [-0.2, -0.15) is 0 Å². The molecule has 0 aliphatic rings. The summed E-state index contributed by atoms with van der Waals surface area (Å²) in [7, 11) is 0. The third kappa shape index (κ3) is 4.48. The summed E-state index contributed by atoms with van der Waals surface area (Å²) in [5.41, 5.74) is 5.36. The quantitative estimate of drug-likeness (QED) is 0.742. The fourth-order valence-corrected chi connectivity index (χ4v) is 2.78. The van der Waals surface area contributed by atoms with Crippen molar-refractivity contribution >= 4 is 27.7 Å². The number of halogens is 1. The molecule has 2 rings (SSSR count). The molecule has 0 unspecified atom stereocenters. The monoisotopic (exact) mass is 402 g/mol. The molecular weight excluding hydrogens is 380 g/mol. The van der Waals surface area contributed by atoms with E-state index in [0.717, 1.165) is 11.1 Å². The fourth-order valence-electron chi connectivity index (χ4n) is 2.33. The lowest BCUT2D eigenvalue weighted by molar-refractivity contribution is 0.0358. The largest absolute Gasteiger partial charge is 0.273 e. The van der Waals surface area contributed by atoms with Crippen LogP contribution in [0.1, 0.15) is 52.6 Å². The third-order valence-electron chi connectivity index (χ3n) is 3.96. The molecule has 132 valence electrons. The van der Waals surface area contributed by atoms with Gasteiger partial charge in [0.15, 0.2) is 0 Å². The third-order valence-corrected chi connectivity index (χ3v) is 4.65. The van der Waals surface area contributed by atoms with Crippen molar-refractivity contribution in [2.45, 2.75) is 40.2 Å². The van der Waals surface area contributed by atoms with Crippen molar-refractivity contribution in [3.8, 4) is 0 Å². The number of rotatable bonds is 2. The standard InChI is InChI=1S/C20H23BrN2O2/c1-13-10-11-15(12-14(13)2)18(24)22-23(20(3,4)5)19(25)16-8-6-7-9-17(16)21/h6-12H,1-5H3,(H,22,24). The number of nitrogens with zero attached hydrogens (tertiary/aromatic N) is 1. The first-order valence-electron chi connectivity index (χ1n) is 8.08. The molecule has 0 bridgehead atoms. The van der Waals surface area contributed by atoms with Crippen LogP contribution in [-0.2, 0) is 0 Å². The number of benzene rings is 2. The first kappa shape index (κ1) is 19.2. The molecule has 0 aliphatic heterocycles. The van der Waals surface area contributed by atoms with Crippen molar-refractivity contribution in [3.63, 3.8) is 0 Å². The average molecular weight is 403 g/mol. The van der Waals surface area contributed by atoms with E-state index in [-0.39, 0.29) is 11.8 Å². The summed E-state index contributed by atoms with van der Waals surface area (Å²) in [6.07, 6.45) is 0. The maximum atomic E-state index is 13.0. The summed E-state index contributed by atoms with van der Waals surface area (Å²) in [6.45, 7) is 9.59. The minimum absolute atomic E-state index is 0.267. The van der Waals surface area contributed by atoms with E-state index in [0.29, 0.717) is 15.6 Å². The van der Waals surface area contributed by atoms with E-state index in [2.05, 4.69) is 21.4 Å². The van der Waals surface area contributed by atoms with Gasteiger partial charge in [-0.1, -0.05) is 18.2 Å². The van der Waals surface area contributed by atoms with Crippen LogP contribution < -0.4 is 5.43 Å². The van der Waals surface area contributed by atoms with Crippen molar-refractivity contribution < 1.29 is 9.59 Å². The second-order valence-corrected chi connectivity index (χ2v) is 7.89. The smallest absolute Gasteiger partial charge is 0.267 e. The van der Waals surface area contributed by atoms with E-state index in [9.17, 15) is 9.59 Å². The minimum Gasteiger partial charge on any atom is -0.267 e. The second kappa shape index (κ2) is 7.40. The topological polar surface area (TPSA) is 49.4 Å². The first-order valence-corrected chi connectivity index (χ1v) is 8.88. The normalized spacial score (nSPS) is 11.1. The lowest BCUT2D eigenvalue weighted by atomic mass is 10.1. The molecule has 2 amide bonds. The molecule has 0 fully saturated rings. The minimum atomic E-state index is -0.582. The highest BCUT2D eigenvalue weighted by molar-refractivity contribution is 9.10. The van der Waals surface area contributed by atoms with Crippen LogP contribution in [0.15, 0.2) is 46.9 Å². The van der Waals surface area contributed by atoms with Crippen LogP contribution in [0.5, 0.6) is 0 Å². The van der Waals surface area contributed by atoms with E-state index in [1.807, 2.05) is 52.8 Å². The van der Waals surface area contributed by atoms with E-state index >= 15 is 0 Å². The Hall–Kier alpha value is -2.14.